The molecule has 3 aromatic rings. The second-order valence-electron chi connectivity index (χ2n) is 6.07. The van der Waals surface area contributed by atoms with E-state index in [0.717, 1.165) is 30.5 Å². The molecule has 1 atom stereocenters. The molecule has 0 saturated heterocycles. The van der Waals surface area contributed by atoms with Crippen LogP contribution in [0.3, 0.4) is 0 Å². The fourth-order valence-electron chi connectivity index (χ4n) is 3.08. The number of nitrogens with zero attached hydrogens (tertiary/aromatic N) is 2. The van der Waals surface area contributed by atoms with Gasteiger partial charge < -0.3 is 5.32 Å². The van der Waals surface area contributed by atoms with Crippen LogP contribution in [0.2, 0.25) is 0 Å². The summed E-state index contributed by atoms with van der Waals surface area (Å²) >= 11 is 0. The first kappa shape index (κ1) is 14.7. The lowest BCUT2D eigenvalue weighted by Gasteiger charge is -2.23. The van der Waals surface area contributed by atoms with Gasteiger partial charge in [-0.15, -0.1) is 0 Å². The van der Waals surface area contributed by atoms with Crippen LogP contribution in [-0.4, -0.2) is 20.4 Å². The molecule has 5 heteroatoms. The van der Waals surface area contributed by atoms with E-state index >= 15 is 0 Å². The second kappa shape index (κ2) is 6.73. The minimum Gasteiger partial charge on any atom is -0.305 e. The second-order valence-corrected chi connectivity index (χ2v) is 6.07. The van der Waals surface area contributed by atoms with Gasteiger partial charge in [0, 0.05) is 24.3 Å². The van der Waals surface area contributed by atoms with Crippen LogP contribution in [0, 0.1) is 11.8 Å². The Morgan fingerprint density at radius 1 is 1.08 bits per heavy atom. The SMILES string of the molecule is C(#Cc1cn[nH]c1)c1ccc(CNC2CCCc3cn[nH]c32)cc1. The third-order valence-electron chi connectivity index (χ3n) is 4.39. The number of H-pyrrole nitrogens is 2. The zero-order valence-electron chi connectivity index (χ0n) is 13.3. The van der Waals surface area contributed by atoms with Gasteiger partial charge in [0.05, 0.1) is 23.7 Å². The Labute approximate surface area is 140 Å². The number of aryl methyl sites for hydroxylation is 1. The van der Waals surface area contributed by atoms with Crippen molar-refractivity contribution in [3.05, 3.63) is 70.8 Å². The molecule has 1 aliphatic carbocycles. The predicted molar refractivity (Wildman–Crippen MR) is 92.1 cm³/mol. The molecule has 24 heavy (non-hydrogen) atoms. The quantitative estimate of drug-likeness (QED) is 0.651. The Hall–Kier alpha value is -2.84. The van der Waals surface area contributed by atoms with E-state index < -0.39 is 0 Å². The Balaban J connectivity index is 1.38. The van der Waals surface area contributed by atoms with Crippen molar-refractivity contribution >= 4 is 0 Å². The summed E-state index contributed by atoms with van der Waals surface area (Å²) in [6, 6.07) is 8.75. The zero-order valence-corrected chi connectivity index (χ0v) is 13.3. The maximum absolute atomic E-state index is 4.18. The predicted octanol–water partition coefficient (Wildman–Crippen LogP) is 2.70. The summed E-state index contributed by atoms with van der Waals surface area (Å²) in [6.45, 7) is 0.846. The molecular formula is C19H19N5. The molecule has 0 radical (unpaired) electrons. The van der Waals surface area contributed by atoms with E-state index in [2.05, 4.69) is 61.8 Å². The monoisotopic (exact) mass is 317 g/mol. The number of fused-ring (bicyclic) bond motifs is 1. The number of rotatable bonds is 3. The largest absolute Gasteiger partial charge is 0.305 e. The van der Waals surface area contributed by atoms with E-state index in [1.807, 2.05) is 6.20 Å². The normalized spacial score (nSPS) is 16.2. The third-order valence-corrected chi connectivity index (χ3v) is 4.39. The maximum Gasteiger partial charge on any atom is 0.0644 e. The minimum absolute atomic E-state index is 0.372. The molecule has 0 aliphatic heterocycles. The van der Waals surface area contributed by atoms with Crippen LogP contribution in [0.5, 0.6) is 0 Å². The lowest BCUT2D eigenvalue weighted by atomic mass is 9.93. The summed E-state index contributed by atoms with van der Waals surface area (Å²) in [5.74, 6) is 6.23. The van der Waals surface area contributed by atoms with Crippen LogP contribution in [0.15, 0.2) is 42.9 Å². The van der Waals surface area contributed by atoms with Crippen molar-refractivity contribution in [2.45, 2.75) is 31.8 Å². The van der Waals surface area contributed by atoms with Crippen molar-refractivity contribution in [3.63, 3.8) is 0 Å². The van der Waals surface area contributed by atoms with E-state index in [9.17, 15) is 0 Å². The van der Waals surface area contributed by atoms with Crippen LogP contribution in [0.25, 0.3) is 0 Å². The van der Waals surface area contributed by atoms with Crippen LogP contribution >= 0.6 is 0 Å². The van der Waals surface area contributed by atoms with Gasteiger partial charge >= 0.3 is 0 Å². The van der Waals surface area contributed by atoms with Gasteiger partial charge in [-0.3, -0.25) is 10.2 Å². The Morgan fingerprint density at radius 3 is 2.79 bits per heavy atom. The lowest BCUT2D eigenvalue weighted by Crippen LogP contribution is -2.24. The van der Waals surface area contributed by atoms with E-state index in [0.29, 0.717) is 6.04 Å². The molecule has 1 unspecified atom stereocenters. The van der Waals surface area contributed by atoms with Gasteiger partial charge in [-0.2, -0.15) is 10.2 Å². The average Bonchev–Trinajstić information content (AvgIpc) is 3.30. The summed E-state index contributed by atoms with van der Waals surface area (Å²) in [6.07, 6.45) is 8.97. The maximum atomic E-state index is 4.18. The third kappa shape index (κ3) is 3.24. The highest BCUT2D eigenvalue weighted by molar-refractivity contribution is 5.41. The van der Waals surface area contributed by atoms with Crippen molar-refractivity contribution in [2.75, 3.05) is 0 Å². The van der Waals surface area contributed by atoms with Crippen molar-refractivity contribution < 1.29 is 0 Å². The molecule has 0 amide bonds. The topological polar surface area (TPSA) is 69.4 Å². The van der Waals surface area contributed by atoms with Crippen molar-refractivity contribution in [1.29, 1.82) is 0 Å². The highest BCUT2D eigenvalue weighted by Gasteiger charge is 2.21. The average molecular weight is 317 g/mol. The summed E-state index contributed by atoms with van der Waals surface area (Å²) in [5.41, 5.74) is 5.77. The van der Waals surface area contributed by atoms with Crippen molar-refractivity contribution in [2.24, 2.45) is 0 Å². The van der Waals surface area contributed by atoms with Gasteiger partial charge in [-0.1, -0.05) is 24.0 Å². The fraction of sp³-hybridized carbons (Fsp3) is 0.263. The Kier molecular flexibility index (Phi) is 4.13. The van der Waals surface area contributed by atoms with Crippen molar-refractivity contribution in [1.82, 2.24) is 25.7 Å². The van der Waals surface area contributed by atoms with E-state index in [4.69, 9.17) is 0 Å². The molecule has 1 aromatic carbocycles. The summed E-state index contributed by atoms with van der Waals surface area (Å²) in [4.78, 5) is 0. The van der Waals surface area contributed by atoms with E-state index in [-0.39, 0.29) is 0 Å². The van der Waals surface area contributed by atoms with Crippen molar-refractivity contribution in [3.8, 4) is 11.8 Å². The molecule has 120 valence electrons. The smallest absolute Gasteiger partial charge is 0.0644 e. The van der Waals surface area contributed by atoms with Crippen LogP contribution in [0.4, 0.5) is 0 Å². The van der Waals surface area contributed by atoms with E-state index in [1.54, 1.807) is 12.4 Å². The summed E-state index contributed by atoms with van der Waals surface area (Å²) in [5, 5.41) is 17.6. The van der Waals surface area contributed by atoms with Gasteiger partial charge in [0.2, 0.25) is 0 Å². The number of aromatic amines is 2. The molecule has 0 bridgehead atoms. The minimum atomic E-state index is 0.372. The molecule has 0 spiro atoms. The van der Waals surface area contributed by atoms with Gasteiger partial charge in [0.15, 0.2) is 0 Å². The van der Waals surface area contributed by atoms with Crippen LogP contribution in [-0.2, 0) is 13.0 Å². The van der Waals surface area contributed by atoms with Crippen LogP contribution < -0.4 is 5.32 Å². The molecule has 2 heterocycles. The molecule has 3 N–H and O–H groups in total. The molecule has 0 saturated carbocycles. The van der Waals surface area contributed by atoms with Gasteiger partial charge in [-0.05, 0) is 42.5 Å². The first-order valence-electron chi connectivity index (χ1n) is 8.24. The van der Waals surface area contributed by atoms with Gasteiger partial charge in [-0.25, -0.2) is 0 Å². The van der Waals surface area contributed by atoms with Gasteiger partial charge in [0.25, 0.3) is 0 Å². The number of aromatic nitrogens is 4. The first-order chi connectivity index (χ1) is 11.9. The van der Waals surface area contributed by atoms with Crippen LogP contribution in [0.1, 0.15) is 46.8 Å². The first-order valence-corrected chi connectivity index (χ1v) is 8.24. The number of hydrogen-bond acceptors (Lipinski definition) is 3. The number of benzene rings is 1. The highest BCUT2D eigenvalue weighted by Crippen LogP contribution is 2.27. The summed E-state index contributed by atoms with van der Waals surface area (Å²) < 4.78 is 0. The Morgan fingerprint density at radius 2 is 1.96 bits per heavy atom. The molecule has 2 aromatic heterocycles. The van der Waals surface area contributed by atoms with E-state index in [1.165, 1.54) is 23.2 Å². The summed E-state index contributed by atoms with van der Waals surface area (Å²) in [7, 11) is 0. The highest BCUT2D eigenvalue weighted by atomic mass is 15.1. The molecule has 1 aliphatic rings. The molecule has 0 fully saturated rings. The molecule has 5 nitrogen and oxygen atoms in total. The lowest BCUT2D eigenvalue weighted by molar-refractivity contribution is 0.450. The zero-order chi connectivity index (χ0) is 16.2. The molecular weight excluding hydrogens is 298 g/mol. The standard InChI is InChI=1S/C19H19N5/c1-2-17-13-23-24-19(17)18(3-1)20-10-15-7-4-14(5-8-15)6-9-16-11-21-22-12-16/h4-5,7-8,11-13,18,20H,1-3,10H2,(H,21,22)(H,23,24). The number of nitrogens with one attached hydrogen (secondary N) is 3. The fourth-order valence-corrected chi connectivity index (χ4v) is 3.08. The van der Waals surface area contributed by atoms with Gasteiger partial charge in [0.1, 0.15) is 0 Å². The Bertz CT molecular complexity index is 849. The number of hydrogen-bond donors (Lipinski definition) is 3. The molecule has 4 rings (SSSR count).